The van der Waals surface area contributed by atoms with Gasteiger partial charge in [0.05, 0.1) is 5.02 Å². The average Bonchev–Trinajstić information content (AvgIpc) is 1.85. The summed E-state index contributed by atoms with van der Waals surface area (Å²) in [6.45, 7) is 1.86. The van der Waals surface area contributed by atoms with Crippen molar-refractivity contribution < 1.29 is 5.11 Å². The van der Waals surface area contributed by atoms with E-state index in [1.807, 2.05) is 6.92 Å². The van der Waals surface area contributed by atoms with E-state index in [0.717, 1.165) is 5.56 Å². The molecule has 0 unspecified atom stereocenters. The zero-order valence-corrected chi connectivity index (χ0v) is 7.41. The summed E-state index contributed by atoms with van der Waals surface area (Å²) in [5, 5.41) is 9.00. The van der Waals surface area contributed by atoms with E-state index in [-0.39, 0.29) is 10.7 Å². The molecular formula is C7H6ClNOS. The highest BCUT2D eigenvalue weighted by Gasteiger charge is 2.05. The Bertz CT molecular complexity index is 300. The lowest BCUT2D eigenvalue weighted by atomic mass is 10.3. The third-order valence-electron chi connectivity index (χ3n) is 1.18. The molecule has 0 aliphatic rings. The van der Waals surface area contributed by atoms with Gasteiger partial charge in [0.1, 0.15) is 5.69 Å². The van der Waals surface area contributed by atoms with Gasteiger partial charge in [-0.15, -0.1) is 0 Å². The van der Waals surface area contributed by atoms with Crippen LogP contribution in [0.4, 0.5) is 0 Å². The second-order valence-electron chi connectivity index (χ2n) is 2.15. The van der Waals surface area contributed by atoms with E-state index in [4.69, 9.17) is 16.7 Å². The van der Waals surface area contributed by atoms with Gasteiger partial charge in [0, 0.05) is 6.20 Å². The Kier molecular flexibility index (Phi) is 2.42. The third-order valence-corrected chi connectivity index (χ3v) is 1.66. The lowest BCUT2D eigenvalue weighted by Crippen LogP contribution is -1.99. The van der Waals surface area contributed by atoms with Gasteiger partial charge < -0.3 is 5.11 Å². The fourth-order valence-corrected chi connectivity index (χ4v) is 1.22. The quantitative estimate of drug-likeness (QED) is 0.685. The molecule has 0 aliphatic heterocycles. The number of nitrogens with zero attached hydrogens (tertiary/aromatic N) is 1. The van der Waals surface area contributed by atoms with Crippen LogP contribution >= 0.6 is 23.8 Å². The van der Waals surface area contributed by atoms with Gasteiger partial charge >= 0.3 is 0 Å². The number of hydrogen-bond acceptors (Lipinski definition) is 2. The first kappa shape index (κ1) is 8.43. The van der Waals surface area contributed by atoms with Gasteiger partial charge in [-0.25, -0.2) is 0 Å². The largest absolute Gasteiger partial charge is 0.497 e. The summed E-state index contributed by atoms with van der Waals surface area (Å²) in [5.74, 6) is 0. The van der Waals surface area contributed by atoms with Crippen molar-refractivity contribution in [2.45, 2.75) is 6.92 Å². The molecule has 1 N–H and O–H groups in total. The number of aryl methyl sites for hydroxylation is 1. The first-order valence-corrected chi connectivity index (χ1v) is 3.75. The van der Waals surface area contributed by atoms with Gasteiger partial charge in [-0.1, -0.05) is 11.6 Å². The van der Waals surface area contributed by atoms with E-state index in [9.17, 15) is 0 Å². The zero-order valence-electron chi connectivity index (χ0n) is 5.84. The molecule has 1 aromatic heterocycles. The summed E-state index contributed by atoms with van der Waals surface area (Å²) in [6, 6.07) is 1.70. The Morgan fingerprint density at radius 1 is 1.73 bits per heavy atom. The Balaban J connectivity index is 3.20. The Morgan fingerprint density at radius 3 is 2.82 bits per heavy atom. The molecule has 0 radical (unpaired) electrons. The maximum Gasteiger partial charge on any atom is 0.209 e. The van der Waals surface area contributed by atoms with Crippen LogP contribution in [0.15, 0.2) is 12.3 Å². The standard InChI is InChI=1S/C7H6ClNOS/c1-4-2-5(8)6(7(10)11)9-3-4/h2-3H,1H3,(H,10,11). The molecule has 4 heteroatoms. The van der Waals surface area contributed by atoms with Crippen LogP contribution in [-0.4, -0.2) is 15.1 Å². The topological polar surface area (TPSA) is 33.1 Å². The highest BCUT2D eigenvalue weighted by atomic mass is 35.5. The van der Waals surface area contributed by atoms with Crippen LogP contribution in [0.5, 0.6) is 0 Å². The van der Waals surface area contributed by atoms with Crippen LogP contribution in [0.2, 0.25) is 5.02 Å². The molecule has 0 bridgehead atoms. The van der Waals surface area contributed by atoms with E-state index in [1.54, 1.807) is 12.3 Å². The van der Waals surface area contributed by atoms with Crippen molar-refractivity contribution in [3.8, 4) is 0 Å². The van der Waals surface area contributed by atoms with Crippen LogP contribution in [0.3, 0.4) is 0 Å². The summed E-state index contributed by atoms with van der Waals surface area (Å²) in [5.41, 5.74) is 1.21. The number of hydrogen-bond donors (Lipinski definition) is 1. The second-order valence-corrected chi connectivity index (χ2v) is 2.94. The van der Waals surface area contributed by atoms with Gasteiger partial charge in [-0.05, 0) is 30.8 Å². The number of rotatable bonds is 1. The van der Waals surface area contributed by atoms with E-state index < -0.39 is 0 Å². The number of aromatic nitrogens is 1. The van der Waals surface area contributed by atoms with Crippen molar-refractivity contribution >= 4 is 28.9 Å². The molecule has 0 spiro atoms. The molecule has 1 rings (SSSR count). The summed E-state index contributed by atoms with van der Waals surface area (Å²) in [4.78, 5) is 3.85. The fraction of sp³-hybridized carbons (Fsp3) is 0.143. The van der Waals surface area contributed by atoms with Crippen molar-refractivity contribution in [3.05, 3.63) is 28.5 Å². The van der Waals surface area contributed by atoms with Crippen molar-refractivity contribution in [2.75, 3.05) is 0 Å². The smallest absolute Gasteiger partial charge is 0.209 e. The average molecular weight is 188 g/mol. The van der Waals surface area contributed by atoms with Gasteiger partial charge in [0.15, 0.2) is 0 Å². The number of halogens is 1. The monoisotopic (exact) mass is 187 g/mol. The molecule has 2 nitrogen and oxygen atoms in total. The predicted molar refractivity (Wildman–Crippen MR) is 48.3 cm³/mol. The Hall–Kier alpha value is -0.670. The summed E-state index contributed by atoms with van der Waals surface area (Å²) < 4.78 is 0. The maximum atomic E-state index is 8.88. The Morgan fingerprint density at radius 2 is 2.36 bits per heavy atom. The van der Waals surface area contributed by atoms with Gasteiger partial charge in [-0.2, -0.15) is 0 Å². The van der Waals surface area contributed by atoms with E-state index >= 15 is 0 Å². The Labute approximate surface area is 74.8 Å². The zero-order chi connectivity index (χ0) is 8.43. The van der Waals surface area contributed by atoms with Crippen LogP contribution in [0.25, 0.3) is 0 Å². The first-order chi connectivity index (χ1) is 5.11. The molecule has 0 aliphatic carbocycles. The van der Waals surface area contributed by atoms with Crippen LogP contribution in [0, 0.1) is 6.92 Å². The SMILES string of the molecule is Cc1cnc(C(O)=S)c(Cl)c1. The summed E-state index contributed by atoms with van der Waals surface area (Å²) >= 11 is 10.2. The molecule has 1 heterocycles. The third kappa shape index (κ3) is 1.88. The van der Waals surface area contributed by atoms with Crippen LogP contribution < -0.4 is 0 Å². The number of aliphatic hydroxyl groups is 1. The van der Waals surface area contributed by atoms with Crippen LogP contribution in [0.1, 0.15) is 11.3 Å². The molecule has 0 saturated heterocycles. The normalized spacial score (nSPS) is 9.64. The highest BCUT2D eigenvalue weighted by molar-refractivity contribution is 7.80. The van der Waals surface area contributed by atoms with Gasteiger partial charge in [-0.3, -0.25) is 4.98 Å². The van der Waals surface area contributed by atoms with Crippen molar-refractivity contribution in [1.29, 1.82) is 0 Å². The molecular weight excluding hydrogens is 182 g/mol. The maximum absolute atomic E-state index is 8.88. The van der Waals surface area contributed by atoms with Gasteiger partial charge in [0.25, 0.3) is 0 Å². The summed E-state index contributed by atoms with van der Waals surface area (Å²) in [6.07, 6.45) is 1.60. The minimum atomic E-state index is -0.269. The van der Waals surface area contributed by atoms with Crippen molar-refractivity contribution in [1.82, 2.24) is 4.98 Å². The molecule has 58 valence electrons. The van der Waals surface area contributed by atoms with Crippen molar-refractivity contribution in [2.24, 2.45) is 0 Å². The number of aliphatic hydroxyl groups excluding tert-OH is 1. The molecule has 0 saturated carbocycles. The van der Waals surface area contributed by atoms with E-state index in [0.29, 0.717) is 5.02 Å². The minimum absolute atomic E-state index is 0.269. The lowest BCUT2D eigenvalue weighted by Gasteiger charge is -1.99. The fourth-order valence-electron chi connectivity index (χ4n) is 0.691. The molecule has 11 heavy (non-hydrogen) atoms. The molecule has 0 fully saturated rings. The van der Waals surface area contributed by atoms with E-state index in [1.165, 1.54) is 0 Å². The predicted octanol–water partition coefficient (Wildman–Crippen LogP) is 2.28. The van der Waals surface area contributed by atoms with E-state index in [2.05, 4.69) is 17.2 Å². The highest BCUT2D eigenvalue weighted by Crippen LogP contribution is 2.14. The number of thiocarbonyl (C=S) groups is 1. The lowest BCUT2D eigenvalue weighted by molar-refractivity contribution is 0.568. The molecule has 0 aromatic carbocycles. The van der Waals surface area contributed by atoms with Crippen molar-refractivity contribution in [3.63, 3.8) is 0 Å². The number of pyridine rings is 1. The molecule has 0 atom stereocenters. The molecule has 0 amide bonds. The second kappa shape index (κ2) is 3.15. The van der Waals surface area contributed by atoms with Gasteiger partial charge in [0.2, 0.25) is 5.05 Å². The minimum Gasteiger partial charge on any atom is -0.497 e. The first-order valence-electron chi connectivity index (χ1n) is 2.96. The van der Waals surface area contributed by atoms with Crippen LogP contribution in [-0.2, 0) is 0 Å². The molecule has 1 aromatic rings. The summed E-state index contributed by atoms with van der Waals surface area (Å²) in [7, 11) is 0.